The third-order valence-electron chi connectivity index (χ3n) is 4.28. The maximum atomic E-state index is 6.16. The first kappa shape index (κ1) is 17.3. The molecule has 1 aliphatic heterocycles. The lowest BCUT2D eigenvalue weighted by molar-refractivity contribution is -0.0298. The minimum atomic E-state index is -0.0855. The van der Waals surface area contributed by atoms with E-state index in [4.69, 9.17) is 32.7 Å². The van der Waals surface area contributed by atoms with Crippen LogP contribution in [0.3, 0.4) is 0 Å². The molecule has 3 aromatic rings. The number of ether oxygens (including phenoxy) is 2. The number of hydrogen-bond donors (Lipinski definition) is 1. The van der Waals surface area contributed by atoms with Gasteiger partial charge in [-0.1, -0.05) is 11.6 Å². The Kier molecular flexibility index (Phi) is 4.84. The lowest BCUT2D eigenvalue weighted by Gasteiger charge is -2.23. The van der Waals surface area contributed by atoms with Gasteiger partial charge in [0, 0.05) is 17.7 Å². The van der Waals surface area contributed by atoms with Crippen molar-refractivity contribution >= 4 is 45.9 Å². The SMILES string of the molecule is COc1cc(Cl)ccc1Nc1nc(Cl)nc2c1ncn2C1CCCCO1. The molecule has 3 heterocycles. The zero-order chi connectivity index (χ0) is 18.1. The van der Waals surface area contributed by atoms with Crippen LogP contribution in [0.4, 0.5) is 11.5 Å². The molecule has 1 aromatic carbocycles. The first-order valence-corrected chi connectivity index (χ1v) is 9.03. The monoisotopic (exact) mass is 393 g/mol. The van der Waals surface area contributed by atoms with Crippen LogP contribution in [0.2, 0.25) is 10.3 Å². The number of methoxy groups -OCH3 is 1. The van der Waals surface area contributed by atoms with Crippen molar-refractivity contribution in [1.82, 2.24) is 19.5 Å². The maximum Gasteiger partial charge on any atom is 0.226 e. The Labute approximate surface area is 160 Å². The summed E-state index contributed by atoms with van der Waals surface area (Å²) in [6.07, 6.45) is 4.73. The van der Waals surface area contributed by atoms with Crippen LogP contribution in [-0.2, 0) is 4.74 Å². The van der Waals surface area contributed by atoms with Gasteiger partial charge < -0.3 is 14.8 Å². The summed E-state index contributed by atoms with van der Waals surface area (Å²) in [6.45, 7) is 0.732. The Bertz CT molecular complexity index is 940. The number of anilines is 2. The number of benzene rings is 1. The Hall–Kier alpha value is -2.09. The molecule has 1 N–H and O–H groups in total. The number of nitrogens with zero attached hydrogens (tertiary/aromatic N) is 4. The number of aromatic nitrogens is 4. The van der Waals surface area contributed by atoms with Crippen LogP contribution in [0.5, 0.6) is 5.75 Å². The Morgan fingerprint density at radius 1 is 1.27 bits per heavy atom. The molecule has 2 aromatic heterocycles. The second-order valence-electron chi connectivity index (χ2n) is 5.96. The van der Waals surface area contributed by atoms with Crippen LogP contribution in [0, 0.1) is 0 Å². The molecule has 0 aliphatic carbocycles. The van der Waals surface area contributed by atoms with Crippen LogP contribution in [-0.4, -0.2) is 33.2 Å². The highest BCUT2D eigenvalue weighted by atomic mass is 35.5. The van der Waals surface area contributed by atoms with E-state index in [0.29, 0.717) is 33.4 Å². The standard InChI is InChI=1S/C17H17Cl2N5O2/c1-25-12-8-10(18)5-6-11(12)21-15-14-16(23-17(19)22-15)24(9-20-14)13-4-2-3-7-26-13/h5-6,8-9,13H,2-4,7H2,1H3,(H,21,22,23). The third-order valence-corrected chi connectivity index (χ3v) is 4.68. The van der Waals surface area contributed by atoms with E-state index in [1.807, 2.05) is 10.6 Å². The van der Waals surface area contributed by atoms with Crippen molar-refractivity contribution in [2.24, 2.45) is 0 Å². The van der Waals surface area contributed by atoms with Gasteiger partial charge in [-0.15, -0.1) is 0 Å². The number of fused-ring (bicyclic) bond motifs is 1. The molecule has 0 bridgehead atoms. The lowest BCUT2D eigenvalue weighted by Crippen LogP contribution is -2.17. The average Bonchev–Trinajstić information content (AvgIpc) is 3.07. The summed E-state index contributed by atoms with van der Waals surface area (Å²) >= 11 is 12.2. The second-order valence-corrected chi connectivity index (χ2v) is 6.73. The number of halogens is 2. The highest BCUT2D eigenvalue weighted by Crippen LogP contribution is 2.33. The summed E-state index contributed by atoms with van der Waals surface area (Å²) in [5.74, 6) is 1.09. The molecule has 136 valence electrons. The van der Waals surface area contributed by atoms with E-state index < -0.39 is 0 Å². The first-order valence-electron chi connectivity index (χ1n) is 8.28. The fourth-order valence-electron chi connectivity index (χ4n) is 3.03. The molecule has 9 heteroatoms. The van der Waals surface area contributed by atoms with Crippen LogP contribution in [0.15, 0.2) is 24.5 Å². The first-order chi connectivity index (χ1) is 12.7. The topological polar surface area (TPSA) is 74.1 Å². The summed E-state index contributed by atoms with van der Waals surface area (Å²) < 4.78 is 13.1. The molecule has 0 amide bonds. The molecule has 1 fully saturated rings. The van der Waals surface area contributed by atoms with E-state index in [-0.39, 0.29) is 11.5 Å². The molecule has 4 rings (SSSR count). The molecule has 1 atom stereocenters. The van der Waals surface area contributed by atoms with Crippen LogP contribution < -0.4 is 10.1 Å². The Balaban J connectivity index is 1.75. The van der Waals surface area contributed by atoms with E-state index in [2.05, 4.69) is 20.3 Å². The molecular weight excluding hydrogens is 377 g/mol. The Morgan fingerprint density at radius 2 is 2.15 bits per heavy atom. The van der Waals surface area contributed by atoms with Gasteiger partial charge >= 0.3 is 0 Å². The van der Waals surface area contributed by atoms with Crippen LogP contribution in [0.25, 0.3) is 11.2 Å². The molecule has 1 unspecified atom stereocenters. The van der Waals surface area contributed by atoms with E-state index in [0.717, 1.165) is 25.9 Å². The van der Waals surface area contributed by atoms with Crippen molar-refractivity contribution < 1.29 is 9.47 Å². The van der Waals surface area contributed by atoms with Gasteiger partial charge in [-0.05, 0) is 43.0 Å². The fraction of sp³-hybridized carbons (Fsp3) is 0.353. The van der Waals surface area contributed by atoms with Gasteiger partial charge in [0.2, 0.25) is 5.28 Å². The minimum Gasteiger partial charge on any atom is -0.495 e. The summed E-state index contributed by atoms with van der Waals surface area (Å²) in [4.78, 5) is 13.1. The number of nitrogens with one attached hydrogen (secondary N) is 1. The van der Waals surface area contributed by atoms with Gasteiger partial charge in [0.15, 0.2) is 17.0 Å². The zero-order valence-electron chi connectivity index (χ0n) is 14.1. The van der Waals surface area contributed by atoms with Crippen molar-refractivity contribution in [3.8, 4) is 5.75 Å². The van der Waals surface area contributed by atoms with Crippen LogP contribution in [0.1, 0.15) is 25.5 Å². The number of imidazole rings is 1. The van der Waals surface area contributed by atoms with Crippen molar-refractivity contribution in [2.75, 3.05) is 19.0 Å². The molecule has 0 radical (unpaired) electrons. The quantitative estimate of drug-likeness (QED) is 0.653. The average molecular weight is 394 g/mol. The van der Waals surface area contributed by atoms with Gasteiger partial charge in [-0.2, -0.15) is 9.97 Å². The molecule has 0 saturated carbocycles. The molecule has 0 spiro atoms. The van der Waals surface area contributed by atoms with Crippen molar-refractivity contribution in [1.29, 1.82) is 0 Å². The Morgan fingerprint density at radius 3 is 2.92 bits per heavy atom. The predicted molar refractivity (Wildman–Crippen MR) is 100 cm³/mol. The lowest BCUT2D eigenvalue weighted by atomic mass is 10.2. The second kappa shape index (κ2) is 7.26. The molecular formula is C17H17Cl2N5O2. The normalized spacial score (nSPS) is 17.4. The molecule has 7 nitrogen and oxygen atoms in total. The minimum absolute atomic E-state index is 0.0855. The summed E-state index contributed by atoms with van der Waals surface area (Å²) in [6, 6.07) is 5.30. The number of hydrogen-bond acceptors (Lipinski definition) is 6. The summed E-state index contributed by atoms with van der Waals surface area (Å²) in [7, 11) is 1.58. The van der Waals surface area contributed by atoms with Crippen molar-refractivity contribution in [3.63, 3.8) is 0 Å². The van der Waals surface area contributed by atoms with E-state index in [1.165, 1.54) is 0 Å². The highest BCUT2D eigenvalue weighted by molar-refractivity contribution is 6.30. The van der Waals surface area contributed by atoms with E-state index in [1.54, 1.807) is 25.6 Å². The smallest absolute Gasteiger partial charge is 0.226 e. The van der Waals surface area contributed by atoms with Gasteiger partial charge in [0.25, 0.3) is 0 Å². The fourth-order valence-corrected chi connectivity index (χ4v) is 3.35. The van der Waals surface area contributed by atoms with Crippen LogP contribution >= 0.6 is 23.2 Å². The molecule has 1 aliphatic rings. The molecule has 26 heavy (non-hydrogen) atoms. The van der Waals surface area contributed by atoms with E-state index >= 15 is 0 Å². The summed E-state index contributed by atoms with van der Waals surface area (Å²) in [5.41, 5.74) is 1.95. The highest BCUT2D eigenvalue weighted by Gasteiger charge is 2.21. The van der Waals surface area contributed by atoms with Crippen molar-refractivity contribution in [2.45, 2.75) is 25.5 Å². The largest absolute Gasteiger partial charge is 0.495 e. The van der Waals surface area contributed by atoms with Crippen molar-refractivity contribution in [3.05, 3.63) is 34.8 Å². The predicted octanol–water partition coefficient (Wildman–Crippen LogP) is 4.58. The molecule has 1 saturated heterocycles. The van der Waals surface area contributed by atoms with E-state index in [9.17, 15) is 0 Å². The summed E-state index contributed by atoms with van der Waals surface area (Å²) in [5, 5.41) is 3.93. The van der Waals surface area contributed by atoms with Gasteiger partial charge in [-0.3, -0.25) is 4.57 Å². The van der Waals surface area contributed by atoms with Gasteiger partial charge in [-0.25, -0.2) is 4.98 Å². The maximum absolute atomic E-state index is 6.16. The third kappa shape index (κ3) is 3.30. The van der Waals surface area contributed by atoms with Gasteiger partial charge in [0.05, 0.1) is 19.1 Å². The number of rotatable bonds is 4. The zero-order valence-corrected chi connectivity index (χ0v) is 15.6. The van der Waals surface area contributed by atoms with Gasteiger partial charge in [0.1, 0.15) is 12.0 Å².